The van der Waals surface area contributed by atoms with Crippen LogP contribution in [0.3, 0.4) is 0 Å². The molecule has 1 fully saturated rings. The highest BCUT2D eigenvalue weighted by Gasteiger charge is 2.48. The second kappa shape index (κ2) is 18.4. The topological polar surface area (TPSA) is 77.5 Å². The molecule has 7 nitrogen and oxygen atoms in total. The fourth-order valence-corrected chi connectivity index (χ4v) is 10.8. The van der Waals surface area contributed by atoms with Gasteiger partial charge in [0.2, 0.25) is 0 Å². The molecule has 2 unspecified atom stereocenters. The lowest BCUT2D eigenvalue weighted by Crippen LogP contribution is -2.42. The van der Waals surface area contributed by atoms with Crippen molar-refractivity contribution in [2.45, 2.75) is 129 Å². The standard InChI is InChI=1S/C39H61NO6Si/c1-7-11-13-20-32(45-39(42)40(5)6)22-23-33-34-24-30-19-16-21-36(43-28-38(41)44-27-29-17-14-12-15-18-29)35(30)25-31(34)26-37(33)46-47(8-2,9-3)10-4/h12,14-19,21,31-34,37-38,41H,7-11,13,20,22-28H2,1-6H3/t31-,32-,33+,34-,37?,38?/m0/s1. The Morgan fingerprint density at radius 2 is 1.70 bits per heavy atom. The van der Waals surface area contributed by atoms with E-state index in [1.165, 1.54) is 11.1 Å². The summed E-state index contributed by atoms with van der Waals surface area (Å²) in [4.78, 5) is 14.1. The van der Waals surface area contributed by atoms with Crippen molar-refractivity contribution in [3.8, 4) is 5.75 Å². The van der Waals surface area contributed by atoms with E-state index in [4.69, 9.17) is 18.6 Å². The third kappa shape index (κ3) is 10.3. The zero-order valence-electron chi connectivity index (χ0n) is 29.9. The molecule has 0 heterocycles. The molecular formula is C39H61NO6Si. The van der Waals surface area contributed by atoms with Crippen molar-refractivity contribution in [1.82, 2.24) is 4.90 Å². The Morgan fingerprint density at radius 3 is 2.38 bits per heavy atom. The van der Waals surface area contributed by atoms with Crippen molar-refractivity contribution in [3.05, 3.63) is 65.2 Å². The quantitative estimate of drug-likeness (QED) is 0.0917. The first-order valence-electron chi connectivity index (χ1n) is 18.3. The van der Waals surface area contributed by atoms with Gasteiger partial charge in [0.15, 0.2) is 14.6 Å². The molecule has 0 aromatic heterocycles. The number of aliphatic hydroxyl groups excluding tert-OH is 1. The largest absolute Gasteiger partial charge is 0.488 e. The SMILES string of the molecule is CCCCC[C@@H](CC[C@H]1C(O[Si](CC)(CC)CC)C[C@@H]2Cc3c(cccc3OCC(O)OCc3ccccc3)C[C@@H]21)OC(=O)N(C)C. The molecule has 47 heavy (non-hydrogen) atoms. The highest BCUT2D eigenvalue weighted by atomic mass is 28.4. The van der Waals surface area contributed by atoms with Gasteiger partial charge in [-0.05, 0) is 104 Å². The van der Waals surface area contributed by atoms with Gasteiger partial charge in [-0.25, -0.2) is 4.79 Å². The molecule has 0 spiro atoms. The molecule has 2 aromatic rings. The maximum absolute atomic E-state index is 12.6. The maximum Gasteiger partial charge on any atom is 0.409 e. The smallest absolute Gasteiger partial charge is 0.409 e. The molecule has 262 valence electrons. The van der Waals surface area contributed by atoms with E-state index < -0.39 is 14.6 Å². The number of rotatable bonds is 19. The van der Waals surface area contributed by atoms with Crippen LogP contribution in [0.15, 0.2) is 48.5 Å². The molecule has 1 saturated carbocycles. The highest BCUT2D eigenvalue weighted by Crippen LogP contribution is 2.50. The van der Waals surface area contributed by atoms with Gasteiger partial charge in [-0.15, -0.1) is 0 Å². The van der Waals surface area contributed by atoms with Crippen LogP contribution < -0.4 is 4.74 Å². The summed E-state index contributed by atoms with van der Waals surface area (Å²) >= 11 is 0. The number of hydrogen-bond acceptors (Lipinski definition) is 6. The average Bonchev–Trinajstić information content (AvgIpc) is 3.42. The number of fused-ring (bicyclic) bond motifs is 2. The van der Waals surface area contributed by atoms with E-state index in [1.807, 2.05) is 36.4 Å². The van der Waals surface area contributed by atoms with Gasteiger partial charge in [0.25, 0.3) is 0 Å². The van der Waals surface area contributed by atoms with E-state index in [2.05, 4.69) is 39.8 Å². The molecular weight excluding hydrogens is 607 g/mol. The molecule has 4 rings (SSSR count). The van der Waals surface area contributed by atoms with Crippen molar-refractivity contribution in [1.29, 1.82) is 0 Å². The lowest BCUT2D eigenvalue weighted by atomic mass is 9.73. The molecule has 2 aliphatic rings. The van der Waals surface area contributed by atoms with Crippen LogP contribution >= 0.6 is 0 Å². The fraction of sp³-hybridized carbons (Fsp3) is 0.667. The molecule has 0 saturated heterocycles. The van der Waals surface area contributed by atoms with Crippen LogP contribution in [0.1, 0.15) is 89.3 Å². The van der Waals surface area contributed by atoms with E-state index in [9.17, 15) is 9.90 Å². The van der Waals surface area contributed by atoms with Gasteiger partial charge in [-0.3, -0.25) is 0 Å². The number of nitrogens with zero attached hydrogens (tertiary/aromatic N) is 1. The molecule has 2 aliphatic carbocycles. The van der Waals surface area contributed by atoms with E-state index in [1.54, 1.807) is 19.0 Å². The van der Waals surface area contributed by atoms with E-state index in [-0.39, 0.29) is 24.9 Å². The van der Waals surface area contributed by atoms with Crippen molar-refractivity contribution < 1.29 is 28.5 Å². The first kappa shape index (κ1) is 37.4. The Labute approximate surface area is 285 Å². The number of carbonyl (C=O) groups is 1. The Kier molecular flexibility index (Phi) is 14.6. The van der Waals surface area contributed by atoms with E-state index >= 15 is 0 Å². The minimum absolute atomic E-state index is 0.0619. The maximum atomic E-state index is 12.6. The summed E-state index contributed by atoms with van der Waals surface area (Å²) in [6, 6.07) is 19.7. The summed E-state index contributed by atoms with van der Waals surface area (Å²) in [7, 11) is 1.70. The van der Waals surface area contributed by atoms with Crippen molar-refractivity contribution in [2.24, 2.45) is 17.8 Å². The molecule has 6 atom stereocenters. The average molecular weight is 668 g/mol. The number of ether oxygens (including phenoxy) is 3. The predicted octanol–water partition coefficient (Wildman–Crippen LogP) is 8.77. The number of amides is 1. The van der Waals surface area contributed by atoms with Gasteiger partial charge in [0.1, 0.15) is 18.5 Å². The lowest BCUT2D eigenvalue weighted by molar-refractivity contribution is -0.127. The van der Waals surface area contributed by atoms with Gasteiger partial charge in [0, 0.05) is 20.2 Å². The molecule has 0 bridgehead atoms. The normalized spacial score (nSPS) is 21.9. The van der Waals surface area contributed by atoms with E-state index in [0.717, 1.165) is 87.2 Å². The van der Waals surface area contributed by atoms with Crippen LogP contribution in [0, 0.1) is 17.8 Å². The second-order valence-corrected chi connectivity index (χ2v) is 18.8. The van der Waals surface area contributed by atoms with Gasteiger partial charge in [-0.1, -0.05) is 83.0 Å². The van der Waals surface area contributed by atoms with Crippen molar-refractivity contribution in [3.63, 3.8) is 0 Å². The first-order valence-corrected chi connectivity index (χ1v) is 20.9. The van der Waals surface area contributed by atoms with Gasteiger partial charge >= 0.3 is 6.09 Å². The van der Waals surface area contributed by atoms with Crippen LogP contribution in [-0.4, -0.2) is 63.6 Å². The van der Waals surface area contributed by atoms with Crippen LogP contribution in [0.4, 0.5) is 4.79 Å². The Hall–Kier alpha value is -2.39. The Balaban J connectivity index is 1.48. The minimum Gasteiger partial charge on any atom is -0.488 e. The summed E-state index contributed by atoms with van der Waals surface area (Å²) in [6.45, 7) is 9.60. The number of aliphatic hydroxyl groups is 1. The zero-order valence-corrected chi connectivity index (χ0v) is 30.9. The van der Waals surface area contributed by atoms with Crippen LogP contribution in [-0.2, 0) is 33.3 Å². The lowest BCUT2D eigenvalue weighted by Gasteiger charge is -2.36. The van der Waals surface area contributed by atoms with Crippen LogP contribution in [0.5, 0.6) is 5.75 Å². The monoisotopic (exact) mass is 667 g/mol. The predicted molar refractivity (Wildman–Crippen MR) is 191 cm³/mol. The van der Waals surface area contributed by atoms with Crippen LogP contribution in [0.2, 0.25) is 18.1 Å². The Morgan fingerprint density at radius 1 is 0.957 bits per heavy atom. The molecule has 1 N–H and O–H groups in total. The molecule has 0 radical (unpaired) electrons. The summed E-state index contributed by atoms with van der Waals surface area (Å²) in [6.07, 6.45) is 8.17. The van der Waals surface area contributed by atoms with E-state index in [0.29, 0.717) is 24.4 Å². The van der Waals surface area contributed by atoms with Gasteiger partial charge in [0.05, 0.1) is 6.61 Å². The van der Waals surface area contributed by atoms with Crippen molar-refractivity contribution in [2.75, 3.05) is 20.7 Å². The zero-order chi connectivity index (χ0) is 33.8. The summed E-state index contributed by atoms with van der Waals surface area (Å²) in [5.74, 6) is 2.34. The minimum atomic E-state index is -1.82. The third-order valence-electron chi connectivity index (χ3n) is 10.9. The second-order valence-electron chi connectivity index (χ2n) is 14.1. The molecule has 1 amide bonds. The number of hydrogen-bond donors (Lipinski definition) is 1. The van der Waals surface area contributed by atoms with Crippen molar-refractivity contribution >= 4 is 14.4 Å². The third-order valence-corrected chi connectivity index (χ3v) is 15.6. The number of unbranched alkanes of at least 4 members (excludes halogenated alkanes) is 2. The number of benzene rings is 2. The number of carbonyl (C=O) groups excluding carboxylic acids is 1. The summed E-state index contributed by atoms with van der Waals surface area (Å²) in [5, 5.41) is 10.5. The summed E-state index contributed by atoms with van der Waals surface area (Å²) < 4.78 is 25.2. The Bertz CT molecular complexity index is 1210. The molecule has 0 aliphatic heterocycles. The highest BCUT2D eigenvalue weighted by molar-refractivity contribution is 6.73. The van der Waals surface area contributed by atoms with Gasteiger partial charge < -0.3 is 28.6 Å². The van der Waals surface area contributed by atoms with Crippen LogP contribution in [0.25, 0.3) is 0 Å². The summed E-state index contributed by atoms with van der Waals surface area (Å²) in [5.41, 5.74) is 3.63. The molecule has 8 heteroatoms. The first-order chi connectivity index (χ1) is 22.7. The van der Waals surface area contributed by atoms with Gasteiger partial charge in [-0.2, -0.15) is 0 Å². The fourth-order valence-electron chi connectivity index (χ4n) is 7.85. The molecule has 2 aromatic carbocycles.